The first kappa shape index (κ1) is 17.5. The lowest BCUT2D eigenvalue weighted by atomic mass is 9.79. The summed E-state index contributed by atoms with van der Waals surface area (Å²) in [7, 11) is 0. The van der Waals surface area contributed by atoms with Crippen molar-refractivity contribution in [2.45, 2.75) is 50.9 Å². The number of carbonyl (C=O) groups excluding carboxylic acids is 1. The Morgan fingerprint density at radius 1 is 1.38 bits per heavy atom. The van der Waals surface area contributed by atoms with Gasteiger partial charge in [0.25, 0.3) is 0 Å². The summed E-state index contributed by atoms with van der Waals surface area (Å²) in [5, 5.41) is 10.8. The Balaban J connectivity index is 1.78. The van der Waals surface area contributed by atoms with Gasteiger partial charge in [-0.3, -0.25) is 0 Å². The zero-order chi connectivity index (χ0) is 17.5. The molecule has 1 unspecified atom stereocenters. The SMILES string of the molecule is CC(C)(C)OC(=O)N1CCC2(CC1)OCC(O)c1ccc(Cl)cc12. The van der Waals surface area contributed by atoms with Gasteiger partial charge in [-0.05, 0) is 56.9 Å². The van der Waals surface area contributed by atoms with Crippen LogP contribution >= 0.6 is 11.6 Å². The third-order valence-corrected chi connectivity index (χ3v) is 4.84. The quantitative estimate of drug-likeness (QED) is 0.773. The molecule has 24 heavy (non-hydrogen) atoms. The Hall–Kier alpha value is -1.30. The zero-order valence-corrected chi connectivity index (χ0v) is 15.1. The summed E-state index contributed by atoms with van der Waals surface area (Å²) < 4.78 is 11.5. The number of ether oxygens (including phenoxy) is 2. The molecule has 1 fully saturated rings. The number of nitrogens with zero attached hydrogens (tertiary/aromatic N) is 1. The summed E-state index contributed by atoms with van der Waals surface area (Å²) in [4.78, 5) is 14.0. The summed E-state index contributed by atoms with van der Waals surface area (Å²) in [6, 6.07) is 5.54. The van der Waals surface area contributed by atoms with E-state index in [1.807, 2.05) is 32.9 Å². The molecule has 0 bridgehead atoms. The van der Waals surface area contributed by atoms with E-state index in [9.17, 15) is 9.90 Å². The second kappa shape index (κ2) is 6.21. The number of halogens is 1. The van der Waals surface area contributed by atoms with Gasteiger partial charge in [-0.1, -0.05) is 17.7 Å². The molecule has 1 amide bonds. The van der Waals surface area contributed by atoms with Crippen LogP contribution in [0.25, 0.3) is 0 Å². The van der Waals surface area contributed by atoms with Gasteiger partial charge in [-0.2, -0.15) is 0 Å². The molecule has 2 heterocycles. The summed E-state index contributed by atoms with van der Waals surface area (Å²) in [5.41, 5.74) is 0.824. The standard InChI is InChI=1S/C18H24ClNO4/c1-17(2,3)24-16(22)20-8-6-18(7-9-20)14-10-12(19)4-5-13(14)15(21)11-23-18/h4-5,10,15,21H,6-9,11H2,1-3H3. The van der Waals surface area contributed by atoms with Crippen molar-refractivity contribution in [1.82, 2.24) is 4.90 Å². The summed E-state index contributed by atoms with van der Waals surface area (Å²) >= 11 is 6.16. The minimum Gasteiger partial charge on any atom is -0.444 e. The molecule has 1 atom stereocenters. The predicted molar refractivity (Wildman–Crippen MR) is 91.1 cm³/mol. The molecular formula is C18H24ClNO4. The van der Waals surface area contributed by atoms with Crippen LogP contribution in [0.15, 0.2) is 18.2 Å². The van der Waals surface area contributed by atoms with Crippen molar-refractivity contribution in [3.8, 4) is 0 Å². The number of piperidine rings is 1. The van der Waals surface area contributed by atoms with E-state index >= 15 is 0 Å². The fourth-order valence-corrected chi connectivity index (χ4v) is 3.58. The van der Waals surface area contributed by atoms with E-state index in [1.54, 1.807) is 11.0 Å². The number of aliphatic hydroxyl groups is 1. The normalized spacial score (nSPS) is 23.0. The molecule has 5 nitrogen and oxygen atoms in total. The van der Waals surface area contributed by atoms with Crippen molar-refractivity contribution < 1.29 is 19.4 Å². The molecule has 1 aromatic carbocycles. The smallest absolute Gasteiger partial charge is 0.410 e. The third-order valence-electron chi connectivity index (χ3n) is 4.61. The van der Waals surface area contributed by atoms with Crippen molar-refractivity contribution in [3.05, 3.63) is 34.3 Å². The number of fused-ring (bicyclic) bond motifs is 2. The molecule has 1 N–H and O–H groups in total. The van der Waals surface area contributed by atoms with E-state index in [0.29, 0.717) is 31.0 Å². The highest BCUT2D eigenvalue weighted by Gasteiger charge is 2.44. The summed E-state index contributed by atoms with van der Waals surface area (Å²) in [6.07, 6.45) is 0.393. The fraction of sp³-hybridized carbons (Fsp3) is 0.611. The van der Waals surface area contributed by atoms with Crippen LogP contribution in [0.4, 0.5) is 4.79 Å². The van der Waals surface area contributed by atoms with Crippen LogP contribution in [0.5, 0.6) is 0 Å². The summed E-state index contributed by atoms with van der Waals surface area (Å²) in [5.74, 6) is 0. The lowest BCUT2D eigenvalue weighted by Gasteiger charge is -2.46. The average molecular weight is 354 g/mol. The third kappa shape index (κ3) is 3.39. The molecule has 1 aromatic rings. The molecule has 0 saturated carbocycles. The maximum Gasteiger partial charge on any atom is 0.410 e. The molecule has 1 spiro atoms. The van der Waals surface area contributed by atoms with E-state index in [2.05, 4.69) is 0 Å². The van der Waals surface area contributed by atoms with E-state index in [4.69, 9.17) is 21.1 Å². The highest BCUT2D eigenvalue weighted by molar-refractivity contribution is 6.30. The molecular weight excluding hydrogens is 330 g/mol. The van der Waals surface area contributed by atoms with Crippen LogP contribution in [0, 0.1) is 0 Å². The Morgan fingerprint density at radius 2 is 2.04 bits per heavy atom. The highest BCUT2D eigenvalue weighted by atomic mass is 35.5. The molecule has 1 saturated heterocycles. The van der Waals surface area contributed by atoms with Gasteiger partial charge in [-0.15, -0.1) is 0 Å². The second-order valence-electron chi connectivity index (χ2n) is 7.52. The van der Waals surface area contributed by atoms with Crippen molar-refractivity contribution >= 4 is 17.7 Å². The van der Waals surface area contributed by atoms with Crippen LogP contribution in [0.3, 0.4) is 0 Å². The van der Waals surface area contributed by atoms with Gasteiger partial charge in [0.15, 0.2) is 0 Å². The maximum absolute atomic E-state index is 12.2. The Labute approximate surface area is 147 Å². The second-order valence-corrected chi connectivity index (χ2v) is 7.96. The van der Waals surface area contributed by atoms with Crippen molar-refractivity contribution in [2.24, 2.45) is 0 Å². The Bertz CT molecular complexity index is 632. The van der Waals surface area contributed by atoms with Gasteiger partial charge >= 0.3 is 6.09 Å². The summed E-state index contributed by atoms with van der Waals surface area (Å²) in [6.45, 7) is 6.95. The topological polar surface area (TPSA) is 59.0 Å². The van der Waals surface area contributed by atoms with Crippen LogP contribution in [0.1, 0.15) is 50.8 Å². The molecule has 3 rings (SSSR count). The van der Waals surface area contributed by atoms with Gasteiger partial charge in [0, 0.05) is 18.1 Å². The number of rotatable bonds is 0. The van der Waals surface area contributed by atoms with Crippen molar-refractivity contribution in [2.75, 3.05) is 19.7 Å². The fourth-order valence-electron chi connectivity index (χ4n) is 3.41. The molecule has 0 aliphatic carbocycles. The number of benzene rings is 1. The lowest BCUT2D eigenvalue weighted by Crippen LogP contribution is -2.49. The first-order chi connectivity index (χ1) is 11.2. The van der Waals surface area contributed by atoms with Gasteiger partial charge in [0.05, 0.1) is 12.2 Å². The minimum absolute atomic E-state index is 0.265. The first-order valence-corrected chi connectivity index (χ1v) is 8.68. The van der Waals surface area contributed by atoms with Gasteiger partial charge in [0.2, 0.25) is 0 Å². The molecule has 0 aromatic heterocycles. The van der Waals surface area contributed by atoms with Crippen molar-refractivity contribution in [1.29, 1.82) is 0 Å². The monoisotopic (exact) mass is 353 g/mol. The van der Waals surface area contributed by atoms with Crippen LogP contribution in [0.2, 0.25) is 5.02 Å². The van der Waals surface area contributed by atoms with E-state index < -0.39 is 17.3 Å². The number of hydrogen-bond donors (Lipinski definition) is 1. The molecule has 132 valence electrons. The minimum atomic E-state index is -0.633. The Kier molecular flexibility index (Phi) is 4.53. The number of amides is 1. The predicted octanol–water partition coefficient (Wildman–Crippen LogP) is 3.63. The largest absolute Gasteiger partial charge is 0.444 e. The number of aliphatic hydroxyl groups excluding tert-OH is 1. The lowest BCUT2D eigenvalue weighted by molar-refractivity contribution is -0.130. The van der Waals surface area contributed by atoms with Crippen molar-refractivity contribution in [3.63, 3.8) is 0 Å². The van der Waals surface area contributed by atoms with E-state index in [1.165, 1.54) is 0 Å². The van der Waals surface area contributed by atoms with Gasteiger partial charge in [0.1, 0.15) is 11.7 Å². The molecule has 2 aliphatic rings. The van der Waals surface area contributed by atoms with Crippen LogP contribution in [-0.2, 0) is 15.1 Å². The molecule has 6 heteroatoms. The van der Waals surface area contributed by atoms with Gasteiger partial charge < -0.3 is 19.5 Å². The zero-order valence-electron chi connectivity index (χ0n) is 14.3. The first-order valence-electron chi connectivity index (χ1n) is 8.30. The van der Waals surface area contributed by atoms with Gasteiger partial charge in [-0.25, -0.2) is 4.79 Å². The van der Waals surface area contributed by atoms with Crippen LogP contribution in [-0.4, -0.2) is 41.4 Å². The number of hydrogen-bond acceptors (Lipinski definition) is 4. The molecule has 0 radical (unpaired) electrons. The maximum atomic E-state index is 12.2. The van der Waals surface area contributed by atoms with E-state index in [0.717, 1.165) is 11.1 Å². The highest BCUT2D eigenvalue weighted by Crippen LogP contribution is 2.45. The van der Waals surface area contributed by atoms with E-state index in [-0.39, 0.29) is 12.7 Å². The Morgan fingerprint density at radius 3 is 2.67 bits per heavy atom. The number of carbonyl (C=O) groups is 1. The van der Waals surface area contributed by atoms with Crippen LogP contribution < -0.4 is 0 Å². The average Bonchev–Trinajstić information content (AvgIpc) is 2.50. The number of likely N-dealkylation sites (tertiary alicyclic amines) is 1. The molecule has 2 aliphatic heterocycles.